The van der Waals surface area contributed by atoms with Crippen molar-refractivity contribution < 1.29 is 0 Å². The first-order chi connectivity index (χ1) is 7.40. The summed E-state index contributed by atoms with van der Waals surface area (Å²) >= 11 is 1.85. The second-order valence-corrected chi connectivity index (χ2v) is 5.22. The molecule has 0 saturated heterocycles. The van der Waals surface area contributed by atoms with E-state index in [2.05, 4.69) is 17.6 Å². The fourth-order valence-electron chi connectivity index (χ4n) is 2.16. The maximum atomic E-state index is 4.72. The van der Waals surface area contributed by atoms with Crippen molar-refractivity contribution in [2.75, 3.05) is 6.54 Å². The molecule has 0 bridgehead atoms. The Balaban J connectivity index is 1.86. The van der Waals surface area contributed by atoms with E-state index in [0.29, 0.717) is 0 Å². The topological polar surface area (TPSA) is 24.9 Å². The maximum Gasteiger partial charge on any atom is 0.0959 e. The molecule has 0 radical (unpaired) electrons. The summed E-state index contributed by atoms with van der Waals surface area (Å²) in [6.07, 6.45) is 6.70. The number of nitrogens with one attached hydrogen (secondary N) is 1. The molecule has 15 heavy (non-hydrogen) atoms. The van der Waals surface area contributed by atoms with Crippen LogP contribution in [0, 0.1) is 0 Å². The van der Waals surface area contributed by atoms with Crippen LogP contribution in [0.3, 0.4) is 0 Å². The minimum absolute atomic E-state index is 0.773. The van der Waals surface area contributed by atoms with Crippen molar-refractivity contribution in [1.82, 2.24) is 10.3 Å². The van der Waals surface area contributed by atoms with Gasteiger partial charge in [-0.2, -0.15) is 0 Å². The molecule has 1 aliphatic rings. The monoisotopic (exact) mass is 224 g/mol. The quantitative estimate of drug-likeness (QED) is 0.776. The fourth-order valence-corrected chi connectivity index (χ4v) is 3.15. The van der Waals surface area contributed by atoms with Gasteiger partial charge in [-0.15, -0.1) is 11.3 Å². The largest absolute Gasteiger partial charge is 0.311 e. The minimum Gasteiger partial charge on any atom is -0.311 e. The van der Waals surface area contributed by atoms with Gasteiger partial charge >= 0.3 is 0 Å². The molecule has 84 valence electrons. The summed E-state index contributed by atoms with van der Waals surface area (Å²) in [6.45, 7) is 4.23. The summed E-state index contributed by atoms with van der Waals surface area (Å²) in [5, 5.41) is 6.99. The molecule has 1 aromatic rings. The second-order valence-electron chi connectivity index (χ2n) is 4.34. The SMILES string of the molecule is CCCNCc1csc(C2CCCC2)n1. The number of aromatic nitrogens is 1. The molecule has 1 heterocycles. The maximum absolute atomic E-state index is 4.72. The zero-order valence-electron chi connectivity index (χ0n) is 9.46. The van der Waals surface area contributed by atoms with E-state index >= 15 is 0 Å². The standard InChI is InChI=1S/C12H20N2S/c1-2-7-13-8-11-9-15-12(14-11)10-5-3-4-6-10/h9-10,13H,2-8H2,1H3. The molecule has 2 nitrogen and oxygen atoms in total. The first-order valence-electron chi connectivity index (χ1n) is 6.05. The van der Waals surface area contributed by atoms with E-state index in [4.69, 9.17) is 4.98 Å². The summed E-state index contributed by atoms with van der Waals surface area (Å²) < 4.78 is 0. The molecule has 0 amide bonds. The summed E-state index contributed by atoms with van der Waals surface area (Å²) in [6, 6.07) is 0. The highest BCUT2D eigenvalue weighted by atomic mass is 32.1. The Bertz CT molecular complexity index is 290. The normalized spacial score (nSPS) is 17.4. The molecule has 1 saturated carbocycles. The average Bonchev–Trinajstić information content (AvgIpc) is 2.87. The molecule has 1 aliphatic carbocycles. The Morgan fingerprint density at radius 2 is 2.27 bits per heavy atom. The van der Waals surface area contributed by atoms with E-state index < -0.39 is 0 Å². The number of thiazole rings is 1. The van der Waals surface area contributed by atoms with Crippen LogP contribution in [0.25, 0.3) is 0 Å². The lowest BCUT2D eigenvalue weighted by molar-refractivity contribution is 0.657. The van der Waals surface area contributed by atoms with Gasteiger partial charge in [-0.3, -0.25) is 0 Å². The zero-order chi connectivity index (χ0) is 10.5. The van der Waals surface area contributed by atoms with Crippen molar-refractivity contribution in [2.45, 2.75) is 51.5 Å². The molecule has 2 rings (SSSR count). The van der Waals surface area contributed by atoms with Gasteiger partial charge in [-0.1, -0.05) is 19.8 Å². The molecule has 0 unspecified atom stereocenters. The van der Waals surface area contributed by atoms with Gasteiger partial charge < -0.3 is 5.32 Å². The van der Waals surface area contributed by atoms with Gasteiger partial charge in [0.15, 0.2) is 0 Å². The molecule has 1 aromatic heterocycles. The minimum atomic E-state index is 0.773. The molecular formula is C12H20N2S. The number of hydrogen-bond acceptors (Lipinski definition) is 3. The smallest absolute Gasteiger partial charge is 0.0959 e. The highest BCUT2D eigenvalue weighted by Crippen LogP contribution is 2.35. The average molecular weight is 224 g/mol. The van der Waals surface area contributed by atoms with E-state index in [1.165, 1.54) is 42.8 Å². The fraction of sp³-hybridized carbons (Fsp3) is 0.750. The van der Waals surface area contributed by atoms with E-state index in [1.54, 1.807) is 0 Å². The summed E-state index contributed by atoms with van der Waals surface area (Å²) in [5.74, 6) is 0.773. The second kappa shape index (κ2) is 5.61. The first-order valence-corrected chi connectivity index (χ1v) is 6.93. The van der Waals surface area contributed by atoms with Gasteiger partial charge in [-0.25, -0.2) is 4.98 Å². The van der Waals surface area contributed by atoms with E-state index in [9.17, 15) is 0 Å². The summed E-state index contributed by atoms with van der Waals surface area (Å²) in [7, 11) is 0. The van der Waals surface area contributed by atoms with Crippen LogP contribution < -0.4 is 5.32 Å². The lowest BCUT2D eigenvalue weighted by Gasteiger charge is -2.03. The van der Waals surface area contributed by atoms with Gasteiger partial charge in [0.05, 0.1) is 10.7 Å². The van der Waals surface area contributed by atoms with Crippen molar-refractivity contribution in [3.05, 3.63) is 16.1 Å². The summed E-state index contributed by atoms with van der Waals surface area (Å²) in [5.41, 5.74) is 1.23. The van der Waals surface area contributed by atoms with Crippen molar-refractivity contribution in [1.29, 1.82) is 0 Å². The van der Waals surface area contributed by atoms with Crippen LogP contribution in [0.5, 0.6) is 0 Å². The highest BCUT2D eigenvalue weighted by molar-refractivity contribution is 7.09. The Kier molecular flexibility index (Phi) is 4.15. The van der Waals surface area contributed by atoms with Crippen LogP contribution in [0.1, 0.15) is 55.6 Å². The van der Waals surface area contributed by atoms with Crippen molar-refractivity contribution in [2.24, 2.45) is 0 Å². The Hall–Kier alpha value is -0.410. The molecule has 0 aromatic carbocycles. The third kappa shape index (κ3) is 3.02. The molecule has 3 heteroatoms. The lowest BCUT2D eigenvalue weighted by Crippen LogP contribution is -2.14. The first kappa shape index (κ1) is 11.1. The zero-order valence-corrected chi connectivity index (χ0v) is 10.3. The molecular weight excluding hydrogens is 204 g/mol. The van der Waals surface area contributed by atoms with Crippen LogP contribution in [-0.4, -0.2) is 11.5 Å². The van der Waals surface area contributed by atoms with Gasteiger partial charge in [0, 0.05) is 17.8 Å². The third-order valence-corrected chi connectivity index (χ3v) is 4.06. The number of hydrogen-bond donors (Lipinski definition) is 1. The molecule has 1 fully saturated rings. The molecule has 0 aliphatic heterocycles. The van der Waals surface area contributed by atoms with Gasteiger partial charge in [0.1, 0.15) is 0 Å². The van der Waals surface area contributed by atoms with Crippen LogP contribution in [0.2, 0.25) is 0 Å². The van der Waals surface area contributed by atoms with Crippen LogP contribution >= 0.6 is 11.3 Å². The van der Waals surface area contributed by atoms with E-state index in [1.807, 2.05) is 11.3 Å². The Morgan fingerprint density at radius 3 is 3.00 bits per heavy atom. The van der Waals surface area contributed by atoms with Crippen LogP contribution in [0.15, 0.2) is 5.38 Å². The Labute approximate surface area is 96.1 Å². The summed E-state index contributed by atoms with van der Waals surface area (Å²) in [4.78, 5) is 4.72. The predicted octanol–water partition coefficient (Wildman–Crippen LogP) is 3.30. The van der Waals surface area contributed by atoms with Crippen LogP contribution in [0.4, 0.5) is 0 Å². The van der Waals surface area contributed by atoms with Crippen molar-refractivity contribution in [3.63, 3.8) is 0 Å². The molecule has 1 N–H and O–H groups in total. The molecule has 0 spiro atoms. The Morgan fingerprint density at radius 1 is 1.47 bits per heavy atom. The van der Waals surface area contributed by atoms with E-state index in [-0.39, 0.29) is 0 Å². The van der Waals surface area contributed by atoms with E-state index in [0.717, 1.165) is 19.0 Å². The number of nitrogens with zero attached hydrogens (tertiary/aromatic N) is 1. The van der Waals surface area contributed by atoms with Crippen molar-refractivity contribution >= 4 is 11.3 Å². The van der Waals surface area contributed by atoms with Gasteiger partial charge in [-0.05, 0) is 25.8 Å². The van der Waals surface area contributed by atoms with Gasteiger partial charge in [0.2, 0.25) is 0 Å². The predicted molar refractivity (Wildman–Crippen MR) is 65.3 cm³/mol. The van der Waals surface area contributed by atoms with Gasteiger partial charge in [0.25, 0.3) is 0 Å². The van der Waals surface area contributed by atoms with Crippen molar-refractivity contribution in [3.8, 4) is 0 Å². The number of rotatable bonds is 5. The highest BCUT2D eigenvalue weighted by Gasteiger charge is 2.19. The lowest BCUT2D eigenvalue weighted by atomic mass is 10.1. The van der Waals surface area contributed by atoms with Crippen LogP contribution in [-0.2, 0) is 6.54 Å². The molecule has 0 atom stereocenters. The third-order valence-electron chi connectivity index (χ3n) is 3.01.